The van der Waals surface area contributed by atoms with E-state index in [0.717, 1.165) is 36.8 Å². The minimum Gasteiger partial charge on any atom is -0.393 e. The quantitative estimate of drug-likeness (QED) is 0.379. The average molecular weight is 467 g/mol. The standard InChI is InChI=1S/C31H46O3/c1-5-6-16-31(17-18-31)29(34)14-9-21(2)26-12-13-27-23(8-7-15-30(26,27)4)10-11-24-19-25(32)20-28(33)22(24)3/h6,9-11,14,16,21,25-29,32-34H,3,5,7-8,12-13,15,17-20H2,1-2,4H3/t21-,25-,26-,27+,28+,29-,30-/m1/s1. The van der Waals surface area contributed by atoms with E-state index in [1.54, 1.807) is 0 Å². The average Bonchev–Trinajstić information content (AvgIpc) is 3.51. The van der Waals surface area contributed by atoms with Gasteiger partial charge in [-0.15, -0.1) is 0 Å². The van der Waals surface area contributed by atoms with Crippen LogP contribution in [-0.2, 0) is 0 Å². The van der Waals surface area contributed by atoms with Gasteiger partial charge >= 0.3 is 0 Å². The van der Waals surface area contributed by atoms with Crippen molar-refractivity contribution >= 4 is 0 Å². The van der Waals surface area contributed by atoms with Crippen LogP contribution in [0.2, 0.25) is 0 Å². The van der Waals surface area contributed by atoms with Crippen molar-refractivity contribution in [2.24, 2.45) is 28.6 Å². The highest BCUT2D eigenvalue weighted by atomic mass is 16.3. The van der Waals surface area contributed by atoms with Gasteiger partial charge in [0.25, 0.3) is 0 Å². The van der Waals surface area contributed by atoms with E-state index in [0.29, 0.717) is 36.0 Å². The van der Waals surface area contributed by atoms with Crippen LogP contribution in [0.1, 0.15) is 85.0 Å². The molecule has 7 atom stereocenters. The third kappa shape index (κ3) is 5.08. The molecule has 0 amide bonds. The lowest BCUT2D eigenvalue weighted by Gasteiger charge is -2.44. The molecular weight excluding hydrogens is 420 g/mol. The van der Waals surface area contributed by atoms with Gasteiger partial charge in [-0.2, -0.15) is 0 Å². The van der Waals surface area contributed by atoms with Gasteiger partial charge in [0.2, 0.25) is 0 Å². The van der Waals surface area contributed by atoms with E-state index in [1.807, 2.05) is 0 Å². The fraction of sp³-hybridized carbons (Fsp3) is 0.677. The summed E-state index contributed by atoms with van der Waals surface area (Å²) in [6, 6.07) is 0. The van der Waals surface area contributed by atoms with Crippen LogP contribution >= 0.6 is 0 Å². The molecule has 4 rings (SSSR count). The van der Waals surface area contributed by atoms with E-state index in [9.17, 15) is 15.3 Å². The second kappa shape index (κ2) is 10.3. The number of fused-ring (bicyclic) bond motifs is 1. The summed E-state index contributed by atoms with van der Waals surface area (Å²) in [6.07, 6.45) is 22.1. The number of hydrogen-bond donors (Lipinski definition) is 3. The van der Waals surface area contributed by atoms with E-state index in [1.165, 1.54) is 31.3 Å². The largest absolute Gasteiger partial charge is 0.393 e. The molecule has 0 aromatic carbocycles. The maximum atomic E-state index is 10.9. The Bertz CT molecular complexity index is 873. The van der Waals surface area contributed by atoms with E-state index in [2.05, 4.69) is 63.8 Å². The summed E-state index contributed by atoms with van der Waals surface area (Å²) in [7, 11) is 0. The van der Waals surface area contributed by atoms with Gasteiger partial charge in [0.15, 0.2) is 0 Å². The van der Waals surface area contributed by atoms with Crippen molar-refractivity contribution in [2.75, 3.05) is 0 Å². The van der Waals surface area contributed by atoms with Crippen molar-refractivity contribution in [1.29, 1.82) is 0 Å². The second-order valence-electron chi connectivity index (χ2n) is 11.9. The topological polar surface area (TPSA) is 60.7 Å². The molecule has 4 aliphatic rings. The van der Waals surface area contributed by atoms with Crippen molar-refractivity contribution in [3.63, 3.8) is 0 Å². The van der Waals surface area contributed by atoms with Crippen molar-refractivity contribution in [1.82, 2.24) is 0 Å². The van der Waals surface area contributed by atoms with Crippen LogP contribution in [0, 0.1) is 28.6 Å². The molecule has 0 saturated heterocycles. The van der Waals surface area contributed by atoms with Crippen LogP contribution < -0.4 is 0 Å². The summed E-state index contributed by atoms with van der Waals surface area (Å²) in [5.74, 6) is 1.68. The summed E-state index contributed by atoms with van der Waals surface area (Å²) in [6.45, 7) is 11.1. The van der Waals surface area contributed by atoms with Crippen molar-refractivity contribution in [3.8, 4) is 0 Å². The van der Waals surface area contributed by atoms with Crippen molar-refractivity contribution in [3.05, 3.63) is 59.8 Å². The molecule has 188 valence electrons. The molecule has 4 fully saturated rings. The first-order valence-electron chi connectivity index (χ1n) is 13.7. The van der Waals surface area contributed by atoms with Gasteiger partial charge < -0.3 is 15.3 Å². The molecule has 3 N–H and O–H groups in total. The van der Waals surface area contributed by atoms with E-state index >= 15 is 0 Å². The van der Waals surface area contributed by atoms with Crippen molar-refractivity contribution < 1.29 is 15.3 Å². The molecule has 3 nitrogen and oxygen atoms in total. The normalized spacial score (nSPS) is 39.8. The summed E-state index contributed by atoms with van der Waals surface area (Å²) < 4.78 is 0. The van der Waals surface area contributed by atoms with Crippen LogP contribution in [0.3, 0.4) is 0 Å². The molecule has 4 aliphatic carbocycles. The van der Waals surface area contributed by atoms with Crippen molar-refractivity contribution in [2.45, 2.75) is 103 Å². The lowest BCUT2D eigenvalue weighted by molar-refractivity contribution is 0.0862. The zero-order valence-corrected chi connectivity index (χ0v) is 21.5. The Morgan fingerprint density at radius 1 is 1.12 bits per heavy atom. The van der Waals surface area contributed by atoms with E-state index < -0.39 is 12.2 Å². The Morgan fingerprint density at radius 3 is 2.59 bits per heavy atom. The first-order chi connectivity index (χ1) is 16.2. The van der Waals surface area contributed by atoms with Crippen LogP contribution in [0.15, 0.2) is 59.8 Å². The summed E-state index contributed by atoms with van der Waals surface area (Å²) in [4.78, 5) is 0. The minimum atomic E-state index is -0.629. The lowest BCUT2D eigenvalue weighted by atomic mass is 9.61. The molecule has 0 bridgehead atoms. The summed E-state index contributed by atoms with van der Waals surface area (Å²) in [5.41, 5.74) is 3.58. The fourth-order valence-electron chi connectivity index (χ4n) is 7.27. The Labute approximate surface area is 207 Å². The number of aliphatic hydroxyl groups is 3. The van der Waals surface area contributed by atoms with Gasteiger partial charge in [-0.05, 0) is 92.1 Å². The predicted molar refractivity (Wildman–Crippen MR) is 140 cm³/mol. The second-order valence-corrected chi connectivity index (χ2v) is 11.9. The maximum absolute atomic E-state index is 10.9. The molecule has 0 aromatic heterocycles. The molecule has 0 heterocycles. The summed E-state index contributed by atoms with van der Waals surface area (Å²) >= 11 is 0. The third-order valence-corrected chi connectivity index (χ3v) is 9.64. The molecular formula is C31H46O3. The van der Waals surface area contributed by atoms with Crippen LogP contribution in [0.25, 0.3) is 0 Å². The Morgan fingerprint density at radius 2 is 1.88 bits per heavy atom. The zero-order chi connectivity index (χ0) is 24.5. The third-order valence-electron chi connectivity index (χ3n) is 9.64. The number of rotatable bonds is 7. The molecule has 0 radical (unpaired) electrons. The molecule has 0 unspecified atom stereocenters. The van der Waals surface area contributed by atoms with Gasteiger partial charge in [0.05, 0.1) is 18.3 Å². The highest BCUT2D eigenvalue weighted by molar-refractivity contribution is 5.38. The van der Waals surface area contributed by atoms with Gasteiger partial charge in [-0.25, -0.2) is 0 Å². The molecule has 0 aliphatic heterocycles. The van der Waals surface area contributed by atoms with Gasteiger partial charge in [0.1, 0.15) is 0 Å². The smallest absolute Gasteiger partial charge is 0.0811 e. The number of allylic oxidation sites excluding steroid dienone is 5. The van der Waals surface area contributed by atoms with Gasteiger partial charge in [-0.3, -0.25) is 0 Å². The van der Waals surface area contributed by atoms with Crippen LogP contribution in [0.5, 0.6) is 0 Å². The van der Waals surface area contributed by atoms with Gasteiger partial charge in [-0.1, -0.05) is 69.4 Å². The summed E-state index contributed by atoms with van der Waals surface area (Å²) in [5, 5.41) is 31.1. The monoisotopic (exact) mass is 466 g/mol. The maximum Gasteiger partial charge on any atom is 0.0811 e. The number of hydrogen-bond acceptors (Lipinski definition) is 3. The Hall–Kier alpha value is -1.42. The molecule has 0 spiro atoms. The molecule has 3 heteroatoms. The highest BCUT2D eigenvalue weighted by Gasteiger charge is 2.50. The van der Waals surface area contributed by atoms with E-state index in [4.69, 9.17) is 0 Å². The molecule has 34 heavy (non-hydrogen) atoms. The minimum absolute atomic E-state index is 0.00707. The fourth-order valence-corrected chi connectivity index (χ4v) is 7.27. The predicted octanol–water partition coefficient (Wildman–Crippen LogP) is 6.43. The Balaban J connectivity index is 1.46. The zero-order valence-electron chi connectivity index (χ0n) is 21.5. The molecule has 4 saturated carbocycles. The van der Waals surface area contributed by atoms with Crippen LogP contribution in [0.4, 0.5) is 0 Å². The number of aliphatic hydroxyl groups excluding tert-OH is 3. The van der Waals surface area contributed by atoms with Crippen LogP contribution in [-0.4, -0.2) is 33.6 Å². The highest BCUT2D eigenvalue weighted by Crippen LogP contribution is 2.59. The SMILES string of the molecule is C=C1C(=CC=C2CCC[C@]3(C)[C@@H]([C@H](C)C=C[C@@H](O)C4(C=CCC)CC4)CC[C@@H]23)C[C@@H](O)C[C@@H]1O. The van der Waals surface area contributed by atoms with E-state index in [-0.39, 0.29) is 11.5 Å². The lowest BCUT2D eigenvalue weighted by Crippen LogP contribution is -2.35. The van der Waals surface area contributed by atoms with Gasteiger partial charge in [0, 0.05) is 11.8 Å². The Kier molecular flexibility index (Phi) is 7.77. The first kappa shape index (κ1) is 25.7. The first-order valence-corrected chi connectivity index (χ1v) is 13.7. The molecule has 0 aromatic rings.